The van der Waals surface area contributed by atoms with Crippen LogP contribution in [0.2, 0.25) is 0 Å². The molecule has 0 bridgehead atoms. The van der Waals surface area contributed by atoms with Crippen molar-refractivity contribution in [1.82, 2.24) is 24.8 Å². The molecule has 0 radical (unpaired) electrons. The van der Waals surface area contributed by atoms with Gasteiger partial charge in [0.05, 0.1) is 0 Å². The lowest BCUT2D eigenvalue weighted by Crippen LogP contribution is -2.38. The van der Waals surface area contributed by atoms with Crippen LogP contribution in [-0.4, -0.2) is 76.1 Å². The molecular formula is C24H34N8O. The van der Waals surface area contributed by atoms with E-state index in [1.807, 2.05) is 11.0 Å². The second-order valence-electron chi connectivity index (χ2n) is 9.44. The van der Waals surface area contributed by atoms with Gasteiger partial charge in [-0.25, -0.2) is 19.9 Å². The Morgan fingerprint density at radius 1 is 0.939 bits per heavy atom. The highest BCUT2D eigenvalue weighted by Gasteiger charge is 2.25. The molecule has 176 valence electrons. The molecule has 0 spiro atoms. The van der Waals surface area contributed by atoms with E-state index in [4.69, 9.17) is 0 Å². The van der Waals surface area contributed by atoms with Gasteiger partial charge in [-0.05, 0) is 50.5 Å². The minimum Gasteiger partial charge on any atom is -0.367 e. The molecule has 1 saturated carbocycles. The summed E-state index contributed by atoms with van der Waals surface area (Å²) in [5.74, 6) is 3.49. The Morgan fingerprint density at radius 3 is 2.64 bits per heavy atom. The number of carbonyl (C=O) groups is 1. The Hall–Kier alpha value is -2.97. The fraction of sp³-hybridized carbons (Fsp3) is 0.625. The van der Waals surface area contributed by atoms with Gasteiger partial charge in [0, 0.05) is 70.2 Å². The van der Waals surface area contributed by atoms with Crippen molar-refractivity contribution in [3.63, 3.8) is 0 Å². The number of nitrogens with one attached hydrogen (secondary N) is 1. The third kappa shape index (κ3) is 5.89. The van der Waals surface area contributed by atoms with Crippen molar-refractivity contribution in [3.05, 3.63) is 30.9 Å². The molecule has 3 aliphatic rings. The number of amides is 1. The Morgan fingerprint density at radius 2 is 1.79 bits per heavy atom. The Bertz CT molecular complexity index is 922. The molecule has 3 fully saturated rings. The largest absolute Gasteiger partial charge is 0.367 e. The number of piperidine rings is 1. The first-order valence-electron chi connectivity index (χ1n) is 12.4. The number of hydrogen-bond donors (Lipinski definition) is 1. The van der Waals surface area contributed by atoms with Crippen LogP contribution in [0.15, 0.2) is 30.9 Å². The topological polar surface area (TPSA) is 90.4 Å². The normalized spacial score (nSPS) is 21.6. The van der Waals surface area contributed by atoms with Crippen molar-refractivity contribution in [2.45, 2.75) is 51.0 Å². The molecule has 9 nitrogen and oxygen atoms in total. The highest BCUT2D eigenvalue weighted by atomic mass is 16.2. The SMILES string of the molecule is O=C(CC[C@@H]1CCCN(c2cc(NC3CC3)ncn2)C1)N1CCCN(c2ncccn2)CC1. The van der Waals surface area contributed by atoms with E-state index in [2.05, 4.69) is 41.1 Å². The van der Waals surface area contributed by atoms with Gasteiger partial charge in [-0.1, -0.05) is 0 Å². The van der Waals surface area contributed by atoms with Gasteiger partial charge < -0.3 is 20.0 Å². The van der Waals surface area contributed by atoms with Gasteiger partial charge in [0.2, 0.25) is 11.9 Å². The predicted molar refractivity (Wildman–Crippen MR) is 128 cm³/mol. The van der Waals surface area contributed by atoms with Crippen molar-refractivity contribution in [3.8, 4) is 0 Å². The van der Waals surface area contributed by atoms with Crippen molar-refractivity contribution >= 4 is 23.5 Å². The van der Waals surface area contributed by atoms with E-state index in [9.17, 15) is 4.79 Å². The fourth-order valence-corrected chi connectivity index (χ4v) is 4.85. The first-order chi connectivity index (χ1) is 16.2. The zero-order valence-electron chi connectivity index (χ0n) is 19.3. The van der Waals surface area contributed by atoms with Crippen LogP contribution in [0.5, 0.6) is 0 Å². The van der Waals surface area contributed by atoms with E-state index in [1.54, 1.807) is 18.7 Å². The summed E-state index contributed by atoms with van der Waals surface area (Å²) in [4.78, 5) is 37.2. The number of anilines is 3. The summed E-state index contributed by atoms with van der Waals surface area (Å²) < 4.78 is 0. The second kappa shape index (κ2) is 10.3. The molecule has 2 aliphatic heterocycles. The van der Waals surface area contributed by atoms with Gasteiger partial charge in [0.25, 0.3) is 0 Å². The molecule has 33 heavy (non-hydrogen) atoms. The summed E-state index contributed by atoms with van der Waals surface area (Å²) in [5, 5.41) is 3.46. The van der Waals surface area contributed by atoms with Crippen LogP contribution in [-0.2, 0) is 4.79 Å². The van der Waals surface area contributed by atoms with E-state index >= 15 is 0 Å². The molecule has 4 heterocycles. The molecule has 0 aromatic carbocycles. The number of carbonyl (C=O) groups excluding carboxylic acids is 1. The standard InChI is InChI=1S/C24H34N8O/c33-23(30-12-3-13-31(15-14-30)24-25-9-2-10-26-24)8-5-19-4-1-11-32(17-19)22-16-21(27-18-28-22)29-20-6-7-20/h2,9-10,16,18-20H,1,3-8,11-15,17H2,(H,27,28,29)/t19-/m0/s1. The third-order valence-electron chi connectivity index (χ3n) is 6.88. The first kappa shape index (κ1) is 21.9. The zero-order valence-corrected chi connectivity index (χ0v) is 19.3. The smallest absolute Gasteiger partial charge is 0.225 e. The Balaban J connectivity index is 1.10. The van der Waals surface area contributed by atoms with Crippen LogP contribution in [0.1, 0.15) is 44.9 Å². The van der Waals surface area contributed by atoms with Crippen molar-refractivity contribution < 1.29 is 4.79 Å². The summed E-state index contributed by atoms with van der Waals surface area (Å²) in [6.45, 7) is 5.22. The lowest BCUT2D eigenvalue weighted by Gasteiger charge is -2.34. The van der Waals surface area contributed by atoms with Crippen LogP contribution < -0.4 is 15.1 Å². The minimum absolute atomic E-state index is 0.279. The average molecular weight is 451 g/mol. The molecule has 1 amide bonds. The number of aromatic nitrogens is 4. The molecule has 0 unspecified atom stereocenters. The maximum Gasteiger partial charge on any atom is 0.225 e. The summed E-state index contributed by atoms with van der Waals surface area (Å²) in [7, 11) is 0. The quantitative estimate of drug-likeness (QED) is 0.688. The first-order valence-corrected chi connectivity index (χ1v) is 12.4. The number of hydrogen-bond acceptors (Lipinski definition) is 8. The average Bonchev–Trinajstić information content (AvgIpc) is 3.70. The van der Waals surface area contributed by atoms with Crippen LogP contribution in [0, 0.1) is 5.92 Å². The Kier molecular flexibility index (Phi) is 6.83. The molecule has 2 aromatic heterocycles. The van der Waals surface area contributed by atoms with E-state index in [0.29, 0.717) is 18.4 Å². The van der Waals surface area contributed by atoms with Crippen molar-refractivity contribution in [2.75, 3.05) is 54.4 Å². The highest BCUT2D eigenvalue weighted by molar-refractivity contribution is 5.76. The lowest BCUT2D eigenvalue weighted by molar-refractivity contribution is -0.131. The molecule has 2 aromatic rings. The fourth-order valence-electron chi connectivity index (χ4n) is 4.85. The maximum atomic E-state index is 13.0. The lowest BCUT2D eigenvalue weighted by atomic mass is 9.93. The van der Waals surface area contributed by atoms with Gasteiger partial charge in [-0.15, -0.1) is 0 Å². The van der Waals surface area contributed by atoms with Crippen LogP contribution >= 0.6 is 0 Å². The van der Waals surface area contributed by atoms with Crippen LogP contribution in [0.25, 0.3) is 0 Å². The summed E-state index contributed by atoms with van der Waals surface area (Å²) in [5.41, 5.74) is 0. The number of rotatable bonds is 7. The third-order valence-corrected chi connectivity index (χ3v) is 6.88. The minimum atomic E-state index is 0.279. The van der Waals surface area contributed by atoms with Crippen molar-refractivity contribution in [1.29, 1.82) is 0 Å². The Labute approximate surface area is 195 Å². The predicted octanol–water partition coefficient (Wildman–Crippen LogP) is 2.58. The van der Waals surface area contributed by atoms with E-state index < -0.39 is 0 Å². The molecular weight excluding hydrogens is 416 g/mol. The monoisotopic (exact) mass is 450 g/mol. The zero-order chi connectivity index (χ0) is 22.5. The van der Waals surface area contributed by atoms with Gasteiger partial charge >= 0.3 is 0 Å². The van der Waals surface area contributed by atoms with E-state index in [0.717, 1.165) is 76.1 Å². The summed E-state index contributed by atoms with van der Waals surface area (Å²) in [6.07, 6.45) is 12.5. The van der Waals surface area contributed by atoms with Gasteiger partial charge in [-0.2, -0.15) is 0 Å². The van der Waals surface area contributed by atoms with Crippen molar-refractivity contribution in [2.24, 2.45) is 5.92 Å². The van der Waals surface area contributed by atoms with Gasteiger partial charge in [0.1, 0.15) is 18.0 Å². The van der Waals surface area contributed by atoms with Crippen LogP contribution in [0.3, 0.4) is 0 Å². The van der Waals surface area contributed by atoms with Crippen LogP contribution in [0.4, 0.5) is 17.6 Å². The molecule has 1 atom stereocenters. The highest BCUT2D eigenvalue weighted by Crippen LogP contribution is 2.28. The maximum absolute atomic E-state index is 13.0. The van der Waals surface area contributed by atoms with E-state index in [-0.39, 0.29) is 5.91 Å². The summed E-state index contributed by atoms with van der Waals surface area (Å²) >= 11 is 0. The molecule has 2 saturated heterocycles. The molecule has 5 rings (SSSR count). The van der Waals surface area contributed by atoms with E-state index in [1.165, 1.54) is 19.3 Å². The number of nitrogens with zero attached hydrogens (tertiary/aromatic N) is 7. The summed E-state index contributed by atoms with van der Waals surface area (Å²) in [6, 6.07) is 4.49. The second-order valence-corrected chi connectivity index (χ2v) is 9.44. The van der Waals surface area contributed by atoms with Gasteiger partial charge in [-0.3, -0.25) is 4.79 Å². The van der Waals surface area contributed by atoms with Gasteiger partial charge in [0.15, 0.2) is 0 Å². The molecule has 1 N–H and O–H groups in total. The molecule has 9 heteroatoms. The molecule has 1 aliphatic carbocycles.